The van der Waals surface area contributed by atoms with Crippen LogP contribution in [-0.4, -0.2) is 43.0 Å². The number of nitrogens with zero attached hydrogens (tertiary/aromatic N) is 1. The van der Waals surface area contributed by atoms with Gasteiger partial charge in [0.25, 0.3) is 0 Å². The molecule has 0 radical (unpaired) electrons. The highest BCUT2D eigenvalue weighted by Gasteiger charge is 2.18. The molecule has 1 aliphatic rings. The zero-order valence-electron chi connectivity index (χ0n) is 6.84. The molecule has 4 heteroatoms. The van der Waals surface area contributed by atoms with Gasteiger partial charge in [0.05, 0.1) is 6.54 Å². The highest BCUT2D eigenvalue weighted by atomic mass is 16.1. The molecule has 1 rings (SSSR count). The molecule has 1 atom stereocenters. The molecule has 1 heterocycles. The van der Waals surface area contributed by atoms with Crippen molar-refractivity contribution < 1.29 is 4.79 Å². The largest absolute Gasteiger partial charge is 0.369 e. The molecule has 0 saturated carbocycles. The Bertz CT molecular complexity index is 149. The van der Waals surface area contributed by atoms with Gasteiger partial charge in [0.2, 0.25) is 5.91 Å². The third-order valence-corrected chi connectivity index (χ3v) is 2.00. The zero-order valence-corrected chi connectivity index (χ0v) is 6.84. The third-order valence-electron chi connectivity index (χ3n) is 2.00. The van der Waals surface area contributed by atoms with Gasteiger partial charge in [0, 0.05) is 25.7 Å². The molecule has 1 saturated heterocycles. The number of piperazine rings is 1. The Kier molecular flexibility index (Phi) is 2.84. The minimum Gasteiger partial charge on any atom is -0.369 e. The molecule has 11 heavy (non-hydrogen) atoms. The van der Waals surface area contributed by atoms with E-state index in [0.717, 1.165) is 19.6 Å². The van der Waals surface area contributed by atoms with Crippen LogP contribution in [0.5, 0.6) is 0 Å². The molecule has 0 unspecified atom stereocenters. The number of amides is 1. The molecule has 64 valence electrons. The molecule has 1 amide bonds. The summed E-state index contributed by atoms with van der Waals surface area (Å²) in [5, 5.41) is 3.24. The molecule has 0 aliphatic carbocycles. The van der Waals surface area contributed by atoms with Crippen molar-refractivity contribution in [2.45, 2.75) is 13.0 Å². The number of carbonyl (C=O) groups excluding carboxylic acids is 1. The molecule has 0 bridgehead atoms. The predicted octanol–water partition coefficient (Wildman–Crippen LogP) is -1.23. The molecule has 1 fully saturated rings. The number of nitrogens with two attached hydrogens (primary N) is 1. The van der Waals surface area contributed by atoms with Gasteiger partial charge < -0.3 is 11.1 Å². The maximum atomic E-state index is 10.6. The first-order valence-electron chi connectivity index (χ1n) is 3.93. The van der Waals surface area contributed by atoms with Crippen molar-refractivity contribution in [1.29, 1.82) is 0 Å². The van der Waals surface area contributed by atoms with Gasteiger partial charge in [-0.2, -0.15) is 0 Å². The van der Waals surface area contributed by atoms with Gasteiger partial charge in [-0.3, -0.25) is 9.69 Å². The van der Waals surface area contributed by atoms with E-state index in [4.69, 9.17) is 5.73 Å². The van der Waals surface area contributed by atoms with E-state index in [9.17, 15) is 4.79 Å². The lowest BCUT2D eigenvalue weighted by atomic mass is 10.2. The maximum absolute atomic E-state index is 10.6. The van der Waals surface area contributed by atoms with Crippen LogP contribution in [0.15, 0.2) is 0 Å². The Morgan fingerprint density at radius 1 is 1.82 bits per heavy atom. The van der Waals surface area contributed by atoms with Gasteiger partial charge in [0.15, 0.2) is 0 Å². The first kappa shape index (κ1) is 8.49. The summed E-state index contributed by atoms with van der Waals surface area (Å²) < 4.78 is 0. The fraction of sp³-hybridized carbons (Fsp3) is 0.857. The SMILES string of the molecule is C[C@@H]1CNCCN1CC(N)=O. The number of primary amides is 1. The van der Waals surface area contributed by atoms with Crippen molar-refractivity contribution in [2.75, 3.05) is 26.2 Å². The second kappa shape index (κ2) is 3.69. The smallest absolute Gasteiger partial charge is 0.231 e. The first-order valence-corrected chi connectivity index (χ1v) is 3.93. The van der Waals surface area contributed by atoms with Gasteiger partial charge in [-0.1, -0.05) is 0 Å². The molecule has 0 aromatic rings. The summed E-state index contributed by atoms with van der Waals surface area (Å²) in [6.45, 7) is 5.31. The van der Waals surface area contributed by atoms with Crippen molar-refractivity contribution in [3.8, 4) is 0 Å². The Balaban J connectivity index is 2.35. The van der Waals surface area contributed by atoms with Gasteiger partial charge in [-0.15, -0.1) is 0 Å². The Morgan fingerprint density at radius 2 is 2.55 bits per heavy atom. The molecule has 0 spiro atoms. The van der Waals surface area contributed by atoms with Crippen LogP contribution in [0, 0.1) is 0 Å². The minimum atomic E-state index is -0.237. The fourth-order valence-corrected chi connectivity index (χ4v) is 1.32. The second-order valence-electron chi connectivity index (χ2n) is 2.99. The Labute approximate surface area is 66.7 Å². The third kappa shape index (κ3) is 2.48. The standard InChI is InChI=1S/C7H15N3O/c1-6-4-9-2-3-10(6)5-7(8)11/h6,9H,2-5H2,1H3,(H2,8,11)/t6-/m1/s1. The van der Waals surface area contributed by atoms with Crippen LogP contribution in [-0.2, 0) is 4.79 Å². The van der Waals surface area contributed by atoms with Crippen molar-refractivity contribution >= 4 is 5.91 Å². The van der Waals surface area contributed by atoms with E-state index in [2.05, 4.69) is 17.1 Å². The maximum Gasteiger partial charge on any atom is 0.231 e. The van der Waals surface area contributed by atoms with Gasteiger partial charge >= 0.3 is 0 Å². The topological polar surface area (TPSA) is 58.4 Å². The summed E-state index contributed by atoms with van der Waals surface area (Å²) in [4.78, 5) is 12.7. The van der Waals surface area contributed by atoms with Crippen LogP contribution in [0.4, 0.5) is 0 Å². The van der Waals surface area contributed by atoms with Crippen LogP contribution in [0.1, 0.15) is 6.92 Å². The summed E-state index contributed by atoms with van der Waals surface area (Å²) in [5.41, 5.74) is 5.08. The Morgan fingerprint density at radius 3 is 3.09 bits per heavy atom. The first-order chi connectivity index (χ1) is 5.20. The predicted molar refractivity (Wildman–Crippen MR) is 43.1 cm³/mol. The minimum absolute atomic E-state index is 0.237. The normalized spacial score (nSPS) is 26.8. The van der Waals surface area contributed by atoms with E-state index in [-0.39, 0.29) is 5.91 Å². The molecular formula is C7H15N3O. The monoisotopic (exact) mass is 157 g/mol. The van der Waals surface area contributed by atoms with Gasteiger partial charge in [-0.05, 0) is 6.92 Å². The summed E-state index contributed by atoms with van der Waals surface area (Å²) in [5.74, 6) is -0.237. The number of carbonyl (C=O) groups is 1. The van der Waals surface area contributed by atoms with Crippen LogP contribution in [0.3, 0.4) is 0 Å². The zero-order chi connectivity index (χ0) is 8.27. The quantitative estimate of drug-likeness (QED) is 0.527. The molecule has 1 aliphatic heterocycles. The summed E-state index contributed by atoms with van der Waals surface area (Å²) in [6, 6.07) is 0.427. The highest BCUT2D eigenvalue weighted by Crippen LogP contribution is 2.00. The lowest BCUT2D eigenvalue weighted by Crippen LogP contribution is -2.52. The average molecular weight is 157 g/mol. The number of nitrogens with one attached hydrogen (secondary N) is 1. The van der Waals surface area contributed by atoms with Crippen LogP contribution in [0.2, 0.25) is 0 Å². The molecular weight excluding hydrogens is 142 g/mol. The highest BCUT2D eigenvalue weighted by molar-refractivity contribution is 5.75. The van der Waals surface area contributed by atoms with E-state index < -0.39 is 0 Å². The van der Waals surface area contributed by atoms with Crippen LogP contribution >= 0.6 is 0 Å². The van der Waals surface area contributed by atoms with E-state index in [1.807, 2.05) is 0 Å². The summed E-state index contributed by atoms with van der Waals surface area (Å²) in [6.07, 6.45) is 0. The van der Waals surface area contributed by atoms with E-state index >= 15 is 0 Å². The number of hydrogen-bond acceptors (Lipinski definition) is 3. The summed E-state index contributed by atoms with van der Waals surface area (Å²) in [7, 11) is 0. The molecule has 0 aromatic heterocycles. The van der Waals surface area contributed by atoms with E-state index in [0.29, 0.717) is 12.6 Å². The number of rotatable bonds is 2. The molecule has 4 nitrogen and oxygen atoms in total. The van der Waals surface area contributed by atoms with E-state index in [1.165, 1.54) is 0 Å². The lowest BCUT2D eigenvalue weighted by Gasteiger charge is -2.32. The van der Waals surface area contributed by atoms with Gasteiger partial charge in [-0.25, -0.2) is 0 Å². The number of hydrogen-bond donors (Lipinski definition) is 2. The van der Waals surface area contributed by atoms with Crippen molar-refractivity contribution in [3.05, 3.63) is 0 Å². The van der Waals surface area contributed by atoms with E-state index in [1.54, 1.807) is 0 Å². The Hall–Kier alpha value is -0.610. The average Bonchev–Trinajstić information content (AvgIpc) is 1.93. The second-order valence-corrected chi connectivity index (χ2v) is 2.99. The molecule has 3 N–H and O–H groups in total. The lowest BCUT2D eigenvalue weighted by molar-refractivity contribution is -0.119. The fourth-order valence-electron chi connectivity index (χ4n) is 1.32. The van der Waals surface area contributed by atoms with Crippen molar-refractivity contribution in [1.82, 2.24) is 10.2 Å². The van der Waals surface area contributed by atoms with Crippen LogP contribution < -0.4 is 11.1 Å². The van der Waals surface area contributed by atoms with Gasteiger partial charge in [0.1, 0.15) is 0 Å². The van der Waals surface area contributed by atoms with Crippen LogP contribution in [0.25, 0.3) is 0 Å². The van der Waals surface area contributed by atoms with Crippen molar-refractivity contribution in [3.63, 3.8) is 0 Å². The summed E-state index contributed by atoms with van der Waals surface area (Å²) >= 11 is 0. The molecule has 0 aromatic carbocycles. The van der Waals surface area contributed by atoms with Crippen molar-refractivity contribution in [2.24, 2.45) is 5.73 Å².